The lowest BCUT2D eigenvalue weighted by Gasteiger charge is -2.26. The van der Waals surface area contributed by atoms with Gasteiger partial charge in [0.15, 0.2) is 6.10 Å². The highest BCUT2D eigenvalue weighted by molar-refractivity contribution is 5.83. The average Bonchev–Trinajstić information content (AvgIpc) is 2.55. The quantitative estimate of drug-likeness (QED) is 0.895. The minimum Gasteiger partial charge on any atom is -0.477 e. The van der Waals surface area contributed by atoms with Gasteiger partial charge in [-0.1, -0.05) is 18.2 Å². The largest absolute Gasteiger partial charge is 0.477 e. The second-order valence-electron chi connectivity index (χ2n) is 4.85. The maximum Gasteiger partial charge on any atom is 0.262 e. The number of carbonyl (C=O) groups excluding carboxylic acids is 1. The summed E-state index contributed by atoms with van der Waals surface area (Å²) >= 11 is 0. The standard InChI is InChI=1S/C16H17N3O2/c20-16(18-10-8-12-5-3-4-9-17-12)15-11-19-13-6-1-2-7-14(13)21-15/h1-7,9,15,19H,8,10-11H2,(H,18,20). The van der Waals surface area contributed by atoms with E-state index in [1.165, 1.54) is 0 Å². The van der Waals surface area contributed by atoms with Crippen LogP contribution >= 0.6 is 0 Å². The molecule has 0 radical (unpaired) electrons. The fraction of sp³-hybridized carbons (Fsp3) is 0.250. The summed E-state index contributed by atoms with van der Waals surface area (Å²) in [5.74, 6) is 0.613. The maximum absolute atomic E-state index is 12.1. The number of carbonyl (C=O) groups is 1. The van der Waals surface area contributed by atoms with Gasteiger partial charge in [-0.25, -0.2) is 0 Å². The number of pyridine rings is 1. The van der Waals surface area contributed by atoms with Crippen molar-refractivity contribution in [1.82, 2.24) is 10.3 Å². The van der Waals surface area contributed by atoms with Crippen LogP contribution in [0.1, 0.15) is 5.69 Å². The summed E-state index contributed by atoms with van der Waals surface area (Å²) in [5, 5.41) is 6.09. The Morgan fingerprint density at radius 3 is 3.00 bits per heavy atom. The third-order valence-electron chi connectivity index (χ3n) is 3.33. The Morgan fingerprint density at radius 1 is 1.29 bits per heavy atom. The highest BCUT2D eigenvalue weighted by atomic mass is 16.5. The Balaban J connectivity index is 1.50. The van der Waals surface area contributed by atoms with Crippen molar-refractivity contribution < 1.29 is 9.53 Å². The summed E-state index contributed by atoms with van der Waals surface area (Å²) < 4.78 is 5.71. The van der Waals surface area contributed by atoms with Gasteiger partial charge in [0.05, 0.1) is 12.2 Å². The first-order chi connectivity index (χ1) is 10.3. The monoisotopic (exact) mass is 283 g/mol. The van der Waals surface area contributed by atoms with Gasteiger partial charge in [-0.15, -0.1) is 0 Å². The van der Waals surface area contributed by atoms with Crippen LogP contribution in [0.4, 0.5) is 5.69 Å². The van der Waals surface area contributed by atoms with E-state index in [9.17, 15) is 4.79 Å². The van der Waals surface area contributed by atoms with Gasteiger partial charge in [-0.3, -0.25) is 9.78 Å². The topological polar surface area (TPSA) is 63.2 Å². The van der Waals surface area contributed by atoms with Gasteiger partial charge in [0, 0.05) is 24.9 Å². The lowest BCUT2D eigenvalue weighted by molar-refractivity contribution is -0.127. The molecule has 1 aromatic carbocycles. The van der Waals surface area contributed by atoms with E-state index in [0.29, 0.717) is 25.3 Å². The van der Waals surface area contributed by atoms with Crippen LogP contribution in [0.5, 0.6) is 5.75 Å². The molecule has 1 unspecified atom stereocenters. The minimum absolute atomic E-state index is 0.104. The molecule has 2 aromatic rings. The molecular weight excluding hydrogens is 266 g/mol. The van der Waals surface area contributed by atoms with Gasteiger partial charge in [-0.05, 0) is 24.3 Å². The molecule has 0 fully saturated rings. The molecule has 1 aliphatic heterocycles. The van der Waals surface area contributed by atoms with Crippen LogP contribution in [0, 0.1) is 0 Å². The van der Waals surface area contributed by atoms with Crippen molar-refractivity contribution >= 4 is 11.6 Å². The molecule has 0 saturated carbocycles. The number of fused-ring (bicyclic) bond motifs is 1. The number of rotatable bonds is 4. The summed E-state index contributed by atoms with van der Waals surface area (Å²) in [5.41, 5.74) is 1.89. The SMILES string of the molecule is O=C(NCCc1ccccn1)C1CNc2ccccc2O1. The van der Waals surface area contributed by atoms with E-state index in [1.54, 1.807) is 6.20 Å². The fourth-order valence-electron chi connectivity index (χ4n) is 2.23. The number of hydrogen-bond donors (Lipinski definition) is 2. The smallest absolute Gasteiger partial charge is 0.262 e. The number of benzene rings is 1. The zero-order valence-corrected chi connectivity index (χ0v) is 11.6. The van der Waals surface area contributed by atoms with Gasteiger partial charge in [-0.2, -0.15) is 0 Å². The highest BCUT2D eigenvalue weighted by Gasteiger charge is 2.25. The van der Waals surface area contributed by atoms with Crippen molar-refractivity contribution in [2.75, 3.05) is 18.4 Å². The van der Waals surface area contributed by atoms with E-state index in [2.05, 4.69) is 15.6 Å². The molecule has 0 bridgehead atoms. The number of aromatic nitrogens is 1. The van der Waals surface area contributed by atoms with Crippen LogP contribution in [0.15, 0.2) is 48.7 Å². The predicted octanol–water partition coefficient (Wildman–Crippen LogP) is 1.61. The Labute approximate surface area is 123 Å². The maximum atomic E-state index is 12.1. The Morgan fingerprint density at radius 2 is 2.14 bits per heavy atom. The summed E-state index contributed by atoms with van der Waals surface area (Å²) in [6.45, 7) is 1.03. The number of hydrogen-bond acceptors (Lipinski definition) is 4. The number of para-hydroxylation sites is 2. The van der Waals surface area contributed by atoms with Crippen LogP contribution in [0.3, 0.4) is 0 Å². The van der Waals surface area contributed by atoms with Gasteiger partial charge in [0.2, 0.25) is 0 Å². The first-order valence-electron chi connectivity index (χ1n) is 7.00. The molecule has 1 atom stereocenters. The van der Waals surface area contributed by atoms with Gasteiger partial charge in [0.1, 0.15) is 5.75 Å². The first kappa shape index (κ1) is 13.4. The number of amides is 1. The molecular formula is C16H17N3O2. The third kappa shape index (κ3) is 3.31. The molecule has 0 saturated heterocycles. The van der Waals surface area contributed by atoms with Crippen molar-refractivity contribution in [2.24, 2.45) is 0 Å². The van der Waals surface area contributed by atoms with E-state index in [-0.39, 0.29) is 5.91 Å². The fourth-order valence-corrected chi connectivity index (χ4v) is 2.23. The molecule has 5 nitrogen and oxygen atoms in total. The zero-order valence-electron chi connectivity index (χ0n) is 11.6. The molecule has 2 heterocycles. The van der Waals surface area contributed by atoms with Crippen molar-refractivity contribution in [2.45, 2.75) is 12.5 Å². The number of ether oxygens (including phenoxy) is 1. The molecule has 108 valence electrons. The molecule has 3 rings (SSSR count). The molecule has 0 spiro atoms. The summed E-state index contributed by atoms with van der Waals surface area (Å²) in [6, 6.07) is 13.4. The Hall–Kier alpha value is -2.56. The minimum atomic E-state index is -0.497. The Bertz CT molecular complexity index is 616. The van der Waals surface area contributed by atoms with Gasteiger partial charge in [0.25, 0.3) is 5.91 Å². The van der Waals surface area contributed by atoms with Gasteiger partial charge < -0.3 is 15.4 Å². The Kier molecular flexibility index (Phi) is 4.00. The second-order valence-corrected chi connectivity index (χ2v) is 4.85. The van der Waals surface area contributed by atoms with Gasteiger partial charge >= 0.3 is 0 Å². The van der Waals surface area contributed by atoms with Crippen molar-refractivity contribution in [3.05, 3.63) is 54.4 Å². The van der Waals surface area contributed by atoms with Crippen LogP contribution in [0.25, 0.3) is 0 Å². The van der Waals surface area contributed by atoms with E-state index in [0.717, 1.165) is 11.4 Å². The van der Waals surface area contributed by atoms with Crippen molar-refractivity contribution in [1.29, 1.82) is 0 Å². The van der Waals surface area contributed by atoms with E-state index < -0.39 is 6.10 Å². The number of nitrogens with one attached hydrogen (secondary N) is 2. The summed E-state index contributed by atoms with van der Waals surface area (Å²) in [4.78, 5) is 16.3. The molecule has 1 amide bonds. The summed E-state index contributed by atoms with van der Waals surface area (Å²) in [7, 11) is 0. The normalized spacial score (nSPS) is 16.3. The van der Waals surface area contributed by atoms with Crippen LogP contribution < -0.4 is 15.4 Å². The van der Waals surface area contributed by atoms with E-state index in [1.807, 2.05) is 42.5 Å². The second kappa shape index (κ2) is 6.26. The lowest BCUT2D eigenvalue weighted by atomic mass is 10.2. The number of anilines is 1. The average molecular weight is 283 g/mol. The van der Waals surface area contributed by atoms with Crippen LogP contribution in [0.2, 0.25) is 0 Å². The molecule has 5 heteroatoms. The molecule has 1 aromatic heterocycles. The first-order valence-corrected chi connectivity index (χ1v) is 7.00. The van der Waals surface area contributed by atoms with Crippen molar-refractivity contribution in [3.8, 4) is 5.75 Å². The molecule has 2 N–H and O–H groups in total. The zero-order chi connectivity index (χ0) is 14.5. The molecule has 0 aliphatic carbocycles. The van der Waals surface area contributed by atoms with Crippen molar-refractivity contribution in [3.63, 3.8) is 0 Å². The lowest BCUT2D eigenvalue weighted by Crippen LogP contribution is -2.45. The van der Waals surface area contributed by atoms with E-state index in [4.69, 9.17) is 4.74 Å². The molecule has 1 aliphatic rings. The highest BCUT2D eigenvalue weighted by Crippen LogP contribution is 2.28. The van der Waals surface area contributed by atoms with E-state index >= 15 is 0 Å². The third-order valence-corrected chi connectivity index (χ3v) is 3.33. The molecule has 21 heavy (non-hydrogen) atoms. The predicted molar refractivity (Wildman–Crippen MR) is 80.3 cm³/mol. The number of nitrogens with zero attached hydrogens (tertiary/aromatic N) is 1. The van der Waals surface area contributed by atoms with Crippen LogP contribution in [-0.4, -0.2) is 30.1 Å². The summed E-state index contributed by atoms with van der Waals surface area (Å²) in [6.07, 6.45) is 1.97. The van der Waals surface area contributed by atoms with Crippen LogP contribution in [-0.2, 0) is 11.2 Å².